The predicted molar refractivity (Wildman–Crippen MR) is 114 cm³/mol. The fourth-order valence-electron chi connectivity index (χ4n) is 3.62. The summed E-state index contributed by atoms with van der Waals surface area (Å²) in [7, 11) is -0.586. The molecule has 0 bridgehead atoms. The number of methoxy groups -OCH3 is 1. The molecule has 3 heterocycles. The van der Waals surface area contributed by atoms with Gasteiger partial charge in [-0.3, -0.25) is 14.5 Å². The number of aryl methyl sites for hydroxylation is 1. The summed E-state index contributed by atoms with van der Waals surface area (Å²) in [6, 6.07) is 10.5. The van der Waals surface area contributed by atoms with Crippen molar-refractivity contribution in [1.29, 1.82) is 0 Å². The van der Waals surface area contributed by atoms with E-state index in [1.54, 1.807) is 60.7 Å². The van der Waals surface area contributed by atoms with Crippen LogP contribution < -0.4 is 4.74 Å². The maximum atomic E-state index is 13.4. The van der Waals surface area contributed by atoms with Gasteiger partial charge in [0.2, 0.25) is 10.0 Å². The van der Waals surface area contributed by atoms with Gasteiger partial charge in [-0.25, -0.2) is 8.42 Å². The van der Waals surface area contributed by atoms with Crippen molar-refractivity contribution in [3.8, 4) is 17.0 Å². The number of hydrogen-bond donors (Lipinski definition) is 0. The van der Waals surface area contributed by atoms with E-state index < -0.39 is 10.0 Å². The molecule has 0 saturated carbocycles. The van der Waals surface area contributed by atoms with Crippen molar-refractivity contribution in [1.82, 2.24) is 24.0 Å². The SMILES string of the molecule is COc1ccccc1C(=O)N1CCN(S(=O)(=O)c2cn(C)nc2-c2cccnc2)CC1. The monoisotopic (exact) mass is 441 g/mol. The molecule has 1 aliphatic rings. The molecule has 3 aromatic rings. The number of amides is 1. The second-order valence-corrected chi connectivity index (χ2v) is 9.06. The highest BCUT2D eigenvalue weighted by molar-refractivity contribution is 7.89. The number of nitrogens with zero attached hydrogens (tertiary/aromatic N) is 5. The van der Waals surface area contributed by atoms with Gasteiger partial charge in [-0.05, 0) is 24.3 Å². The van der Waals surface area contributed by atoms with E-state index in [0.717, 1.165) is 0 Å². The average Bonchev–Trinajstić information content (AvgIpc) is 3.22. The molecule has 0 radical (unpaired) electrons. The Bertz CT molecular complexity index is 1190. The van der Waals surface area contributed by atoms with E-state index in [4.69, 9.17) is 4.74 Å². The Labute approximate surface area is 180 Å². The van der Waals surface area contributed by atoms with Gasteiger partial charge in [0, 0.05) is 57.4 Å². The highest BCUT2D eigenvalue weighted by Crippen LogP contribution is 2.28. The molecule has 0 aliphatic carbocycles. The lowest BCUT2D eigenvalue weighted by Crippen LogP contribution is -2.50. The number of rotatable bonds is 5. The molecule has 10 heteroatoms. The maximum absolute atomic E-state index is 13.4. The molecule has 0 N–H and O–H groups in total. The standard InChI is InChI=1S/C21H23N5O4S/c1-24-15-19(20(23-24)16-6-5-9-22-14-16)31(28,29)26-12-10-25(11-13-26)21(27)17-7-3-4-8-18(17)30-2/h3-9,14-15H,10-13H2,1-2H3. The van der Waals surface area contributed by atoms with Gasteiger partial charge in [0.25, 0.3) is 5.91 Å². The van der Waals surface area contributed by atoms with Crippen molar-refractivity contribution in [2.75, 3.05) is 33.3 Å². The summed E-state index contributed by atoms with van der Waals surface area (Å²) in [6.45, 7) is 0.979. The first-order chi connectivity index (χ1) is 14.9. The van der Waals surface area contributed by atoms with Crippen LogP contribution in [0.1, 0.15) is 10.4 Å². The minimum Gasteiger partial charge on any atom is -0.496 e. The topological polar surface area (TPSA) is 97.6 Å². The predicted octanol–water partition coefficient (Wildman–Crippen LogP) is 1.64. The van der Waals surface area contributed by atoms with Crippen LogP contribution in [0.2, 0.25) is 0 Å². The Balaban J connectivity index is 1.54. The van der Waals surface area contributed by atoms with Gasteiger partial charge in [0.1, 0.15) is 16.3 Å². The minimum absolute atomic E-state index is 0.132. The van der Waals surface area contributed by atoms with Crippen molar-refractivity contribution in [2.24, 2.45) is 7.05 Å². The lowest BCUT2D eigenvalue weighted by atomic mass is 10.1. The number of piperazine rings is 1. The van der Waals surface area contributed by atoms with Gasteiger partial charge in [-0.1, -0.05) is 12.1 Å². The van der Waals surface area contributed by atoms with Gasteiger partial charge < -0.3 is 9.64 Å². The molecular formula is C21H23N5O4S. The number of carbonyl (C=O) groups is 1. The number of ether oxygens (including phenoxy) is 1. The van der Waals surface area contributed by atoms with Crippen LogP contribution in [0.25, 0.3) is 11.3 Å². The molecule has 1 fully saturated rings. The van der Waals surface area contributed by atoms with Crippen LogP contribution in [-0.2, 0) is 17.1 Å². The smallest absolute Gasteiger partial charge is 0.257 e. The summed E-state index contributed by atoms with van der Waals surface area (Å²) >= 11 is 0. The van der Waals surface area contributed by atoms with E-state index in [1.165, 1.54) is 22.3 Å². The summed E-state index contributed by atoms with van der Waals surface area (Å²) in [6.07, 6.45) is 4.72. The second-order valence-electron chi connectivity index (χ2n) is 7.15. The molecule has 31 heavy (non-hydrogen) atoms. The van der Waals surface area contributed by atoms with E-state index in [2.05, 4.69) is 10.1 Å². The third-order valence-electron chi connectivity index (χ3n) is 5.21. The summed E-state index contributed by atoms with van der Waals surface area (Å²) in [5.74, 6) is 0.325. The minimum atomic E-state index is -3.79. The van der Waals surface area contributed by atoms with Crippen molar-refractivity contribution in [3.05, 3.63) is 60.6 Å². The fraction of sp³-hybridized carbons (Fsp3) is 0.286. The normalized spacial score (nSPS) is 15.1. The van der Waals surface area contributed by atoms with Crippen LogP contribution in [0.15, 0.2) is 59.9 Å². The largest absolute Gasteiger partial charge is 0.496 e. The number of sulfonamides is 1. The molecule has 1 aliphatic heterocycles. The first-order valence-electron chi connectivity index (χ1n) is 9.78. The summed E-state index contributed by atoms with van der Waals surface area (Å²) < 4.78 is 34.9. The lowest BCUT2D eigenvalue weighted by Gasteiger charge is -2.34. The molecule has 1 amide bonds. The number of para-hydroxylation sites is 1. The summed E-state index contributed by atoms with van der Waals surface area (Å²) in [4.78, 5) is 18.8. The van der Waals surface area contributed by atoms with Crippen LogP contribution in [-0.4, -0.2) is 71.6 Å². The Morgan fingerprint density at radius 1 is 1.06 bits per heavy atom. The Hall–Kier alpha value is -3.24. The van der Waals surface area contributed by atoms with Crippen molar-refractivity contribution >= 4 is 15.9 Å². The van der Waals surface area contributed by atoms with E-state index in [9.17, 15) is 13.2 Å². The van der Waals surface area contributed by atoms with Crippen LogP contribution in [0.5, 0.6) is 5.75 Å². The van der Waals surface area contributed by atoms with Gasteiger partial charge >= 0.3 is 0 Å². The van der Waals surface area contributed by atoms with Gasteiger partial charge in [-0.15, -0.1) is 0 Å². The molecular weight excluding hydrogens is 418 g/mol. The van der Waals surface area contributed by atoms with Crippen molar-refractivity contribution in [2.45, 2.75) is 4.90 Å². The molecule has 0 unspecified atom stereocenters. The zero-order chi connectivity index (χ0) is 22.0. The zero-order valence-corrected chi connectivity index (χ0v) is 18.1. The second kappa shape index (κ2) is 8.48. The molecule has 0 atom stereocenters. The van der Waals surface area contributed by atoms with Crippen LogP contribution in [0, 0.1) is 0 Å². The number of hydrogen-bond acceptors (Lipinski definition) is 6. The third kappa shape index (κ3) is 4.04. The number of benzene rings is 1. The molecule has 162 valence electrons. The number of aromatic nitrogens is 3. The molecule has 1 saturated heterocycles. The first-order valence-corrected chi connectivity index (χ1v) is 11.2. The fourth-order valence-corrected chi connectivity index (χ4v) is 5.23. The lowest BCUT2D eigenvalue weighted by molar-refractivity contribution is 0.0694. The highest BCUT2D eigenvalue weighted by atomic mass is 32.2. The van der Waals surface area contributed by atoms with Crippen LogP contribution in [0.3, 0.4) is 0 Å². The molecule has 2 aromatic heterocycles. The van der Waals surface area contributed by atoms with E-state index >= 15 is 0 Å². The first kappa shape index (κ1) is 21.0. The Morgan fingerprint density at radius 2 is 1.81 bits per heavy atom. The van der Waals surface area contributed by atoms with Gasteiger partial charge in [-0.2, -0.15) is 9.40 Å². The maximum Gasteiger partial charge on any atom is 0.257 e. The molecule has 4 rings (SSSR count). The van der Waals surface area contributed by atoms with Crippen molar-refractivity contribution < 1.29 is 17.9 Å². The van der Waals surface area contributed by atoms with Crippen LogP contribution in [0.4, 0.5) is 0 Å². The quantitative estimate of drug-likeness (QED) is 0.597. The Kier molecular flexibility index (Phi) is 5.75. The molecule has 1 aromatic carbocycles. The van der Waals surface area contributed by atoms with Crippen LogP contribution >= 0.6 is 0 Å². The molecule has 9 nitrogen and oxygen atoms in total. The van der Waals surface area contributed by atoms with Crippen molar-refractivity contribution in [3.63, 3.8) is 0 Å². The van der Waals surface area contributed by atoms with E-state index in [0.29, 0.717) is 35.7 Å². The highest BCUT2D eigenvalue weighted by Gasteiger charge is 2.34. The Morgan fingerprint density at radius 3 is 2.48 bits per heavy atom. The number of carbonyl (C=O) groups excluding carboxylic acids is 1. The molecule has 0 spiro atoms. The van der Waals surface area contributed by atoms with E-state index in [-0.39, 0.29) is 23.9 Å². The van der Waals surface area contributed by atoms with Gasteiger partial charge in [0.15, 0.2) is 0 Å². The average molecular weight is 442 g/mol. The number of pyridine rings is 1. The summed E-state index contributed by atoms with van der Waals surface area (Å²) in [5.41, 5.74) is 1.46. The third-order valence-corrected chi connectivity index (χ3v) is 7.11. The van der Waals surface area contributed by atoms with Gasteiger partial charge in [0.05, 0.1) is 12.7 Å². The summed E-state index contributed by atoms with van der Waals surface area (Å²) in [5, 5.41) is 4.34. The van der Waals surface area contributed by atoms with E-state index in [1.807, 2.05) is 0 Å². The zero-order valence-electron chi connectivity index (χ0n) is 17.3.